The number of hydrogen-bond donors (Lipinski definition) is 4. The molecule has 0 aliphatic rings. The van der Waals surface area contributed by atoms with Crippen molar-refractivity contribution in [2.45, 2.75) is 6.55 Å². The van der Waals surface area contributed by atoms with E-state index in [2.05, 4.69) is 4.12 Å². The Kier molecular flexibility index (Phi) is 2.76. The predicted molar refractivity (Wildman–Crippen MR) is 28.7 cm³/mol. The van der Waals surface area contributed by atoms with Gasteiger partial charge < -0.3 is 23.3 Å². The van der Waals surface area contributed by atoms with E-state index in [1.54, 1.807) is 0 Å². The van der Waals surface area contributed by atoms with Crippen LogP contribution in [-0.4, -0.2) is 37.5 Å². The fourth-order valence-electron chi connectivity index (χ4n) is 0.200. The van der Waals surface area contributed by atoms with Crippen molar-refractivity contribution in [2.24, 2.45) is 0 Å². The van der Waals surface area contributed by atoms with Crippen molar-refractivity contribution in [3.8, 4) is 0 Å². The summed E-state index contributed by atoms with van der Waals surface area (Å²) in [6.45, 7) is 1.03. The lowest BCUT2D eigenvalue weighted by Crippen LogP contribution is -2.41. The van der Waals surface area contributed by atoms with Crippen LogP contribution in [0.1, 0.15) is 0 Å². The van der Waals surface area contributed by atoms with Crippen molar-refractivity contribution in [1.82, 2.24) is 0 Å². The Morgan fingerprint density at radius 2 is 1.75 bits per heavy atom. The molecule has 0 atom stereocenters. The van der Waals surface area contributed by atoms with Crippen molar-refractivity contribution in [2.75, 3.05) is 0 Å². The van der Waals surface area contributed by atoms with Crippen LogP contribution in [0.5, 0.6) is 0 Å². The van der Waals surface area contributed by atoms with Crippen molar-refractivity contribution >= 4 is 18.3 Å². The van der Waals surface area contributed by atoms with Gasteiger partial charge in [-0.05, 0) is 0 Å². The van der Waals surface area contributed by atoms with E-state index in [9.17, 15) is 0 Å². The summed E-state index contributed by atoms with van der Waals surface area (Å²) in [6.07, 6.45) is 0. The van der Waals surface area contributed by atoms with Crippen LogP contribution in [-0.2, 0) is 4.12 Å². The topological polar surface area (TPSA) is 90.2 Å². The summed E-state index contributed by atoms with van der Waals surface area (Å²) in [6, 6.07) is 0. The minimum atomic E-state index is -3.66. The van der Waals surface area contributed by atoms with E-state index in [1.165, 1.54) is 0 Å². The highest BCUT2D eigenvalue weighted by atomic mass is 28.4. The third kappa shape index (κ3) is 6.23. The Morgan fingerprint density at radius 3 is 1.75 bits per heavy atom. The van der Waals surface area contributed by atoms with E-state index in [0.717, 1.165) is 6.55 Å². The highest BCUT2D eigenvalue weighted by molar-refractivity contribution is 6.63. The lowest BCUT2D eigenvalue weighted by molar-refractivity contribution is 0.188. The molecule has 0 saturated carbocycles. The van der Waals surface area contributed by atoms with Gasteiger partial charge in [0.15, 0.2) is 0 Å². The molecule has 0 spiro atoms. The number of hydrogen-bond acceptors (Lipinski definition) is 5. The van der Waals surface area contributed by atoms with Crippen molar-refractivity contribution in [3.63, 3.8) is 0 Å². The third-order valence-corrected chi connectivity index (χ3v) is 2.96. The normalized spacial score (nSPS) is 12.8. The van der Waals surface area contributed by atoms with Crippen LogP contribution < -0.4 is 0 Å². The van der Waals surface area contributed by atoms with Gasteiger partial charge in [-0.1, -0.05) is 0 Å². The van der Waals surface area contributed by atoms with E-state index < -0.39 is 18.3 Å². The van der Waals surface area contributed by atoms with Crippen LogP contribution in [0.15, 0.2) is 0 Å². The first-order valence-electron chi connectivity index (χ1n) is 1.90. The Morgan fingerprint density at radius 1 is 1.38 bits per heavy atom. The SMILES string of the molecule is C[Si](O)(O)O[SiH](O)O. The Hall–Kier alpha value is 0.234. The summed E-state index contributed by atoms with van der Waals surface area (Å²) in [4.78, 5) is 32.9. The standard InChI is InChI=1S/CH8O5Si2/c1-8(4,5)6-7(2)3/h2-5,7H,1H3. The molecule has 0 unspecified atom stereocenters. The summed E-state index contributed by atoms with van der Waals surface area (Å²) in [5.74, 6) is 0. The average Bonchev–Trinajstić information content (AvgIpc) is 1.21. The molecule has 0 aromatic rings. The first-order chi connectivity index (χ1) is 3.42. The fourth-order valence-corrected chi connectivity index (χ4v) is 1.80. The lowest BCUT2D eigenvalue weighted by atomic mass is 11.9. The van der Waals surface area contributed by atoms with Crippen LogP contribution in [0, 0.1) is 0 Å². The van der Waals surface area contributed by atoms with Crippen molar-refractivity contribution in [1.29, 1.82) is 0 Å². The molecule has 50 valence electrons. The molecule has 0 bridgehead atoms. The highest BCUT2D eigenvalue weighted by Gasteiger charge is 2.27. The van der Waals surface area contributed by atoms with E-state index in [0.29, 0.717) is 0 Å². The minimum absolute atomic E-state index is 1.03. The smallest absolute Gasteiger partial charge is 0.393 e. The Bertz CT molecular complexity index is 65.3. The largest absolute Gasteiger partial charge is 0.484 e. The molecule has 5 nitrogen and oxygen atoms in total. The highest BCUT2D eigenvalue weighted by Crippen LogP contribution is 1.92. The van der Waals surface area contributed by atoms with Crippen LogP contribution in [0.3, 0.4) is 0 Å². The quantitative estimate of drug-likeness (QED) is 0.326. The van der Waals surface area contributed by atoms with Crippen molar-refractivity contribution in [3.05, 3.63) is 0 Å². The van der Waals surface area contributed by atoms with Gasteiger partial charge in [-0.2, -0.15) is 0 Å². The first kappa shape index (κ1) is 8.23. The van der Waals surface area contributed by atoms with E-state index in [1.807, 2.05) is 0 Å². The molecule has 0 fully saturated rings. The van der Waals surface area contributed by atoms with Gasteiger partial charge in [0.25, 0.3) is 0 Å². The Balaban J connectivity index is 3.39. The summed E-state index contributed by atoms with van der Waals surface area (Å²) in [5, 5.41) is 0. The second-order valence-electron chi connectivity index (χ2n) is 1.38. The van der Waals surface area contributed by atoms with Crippen LogP contribution in [0.2, 0.25) is 6.55 Å². The van der Waals surface area contributed by atoms with Gasteiger partial charge in [0.2, 0.25) is 0 Å². The van der Waals surface area contributed by atoms with Gasteiger partial charge in [-0.3, -0.25) is 0 Å². The molecule has 0 radical (unpaired) electrons. The van der Waals surface area contributed by atoms with E-state index in [4.69, 9.17) is 19.2 Å². The number of rotatable bonds is 2. The summed E-state index contributed by atoms with van der Waals surface area (Å²) in [7, 11) is -6.89. The summed E-state index contributed by atoms with van der Waals surface area (Å²) >= 11 is 0. The van der Waals surface area contributed by atoms with Crippen LogP contribution >= 0.6 is 0 Å². The van der Waals surface area contributed by atoms with Crippen molar-refractivity contribution < 1.29 is 23.3 Å². The first-order valence-corrected chi connectivity index (χ1v) is 5.71. The molecule has 0 aliphatic heterocycles. The molecule has 0 heterocycles. The minimum Gasteiger partial charge on any atom is -0.393 e. The van der Waals surface area contributed by atoms with E-state index >= 15 is 0 Å². The van der Waals surface area contributed by atoms with E-state index in [-0.39, 0.29) is 0 Å². The van der Waals surface area contributed by atoms with Gasteiger partial charge in [0.1, 0.15) is 0 Å². The zero-order valence-corrected chi connectivity index (χ0v) is 6.43. The zero-order valence-electron chi connectivity index (χ0n) is 4.27. The molecule has 0 aromatic heterocycles. The molecule has 8 heavy (non-hydrogen) atoms. The lowest BCUT2D eigenvalue weighted by Gasteiger charge is -2.11. The molecule has 0 amide bonds. The molecule has 0 aromatic carbocycles. The predicted octanol–water partition coefficient (Wildman–Crippen LogP) is -2.74. The Labute approximate surface area is 49.1 Å². The molecular weight excluding hydrogens is 148 g/mol. The average molecular weight is 156 g/mol. The van der Waals surface area contributed by atoms with Crippen LogP contribution in [0.4, 0.5) is 0 Å². The maximum Gasteiger partial charge on any atom is 0.484 e. The van der Waals surface area contributed by atoms with Gasteiger partial charge in [0, 0.05) is 6.55 Å². The second-order valence-corrected chi connectivity index (χ2v) is 4.84. The summed E-state index contributed by atoms with van der Waals surface area (Å²) in [5.41, 5.74) is 0. The third-order valence-electron chi connectivity index (χ3n) is 0.329. The molecular formula is CH8O5Si2. The maximum atomic E-state index is 8.38. The van der Waals surface area contributed by atoms with Gasteiger partial charge in [-0.25, -0.2) is 0 Å². The van der Waals surface area contributed by atoms with Gasteiger partial charge in [0.05, 0.1) is 0 Å². The van der Waals surface area contributed by atoms with Gasteiger partial charge in [-0.15, -0.1) is 0 Å². The fraction of sp³-hybridized carbons (Fsp3) is 1.00. The zero-order chi connectivity index (χ0) is 6.78. The molecule has 0 saturated heterocycles. The molecule has 7 heteroatoms. The summed E-state index contributed by atoms with van der Waals surface area (Å²) < 4.78 is 3.94. The molecule has 0 rings (SSSR count). The second kappa shape index (κ2) is 2.68. The molecule has 0 aliphatic carbocycles. The van der Waals surface area contributed by atoms with Crippen LogP contribution in [0.25, 0.3) is 0 Å². The van der Waals surface area contributed by atoms with Gasteiger partial charge >= 0.3 is 18.3 Å². The maximum absolute atomic E-state index is 8.38. The monoisotopic (exact) mass is 156 g/mol. The molecule has 4 N–H and O–H groups in total.